The molecule has 1 N–H and O–H groups in total. The van der Waals surface area contributed by atoms with Gasteiger partial charge in [0.25, 0.3) is 5.91 Å². The number of carbonyl (C=O) groups is 1. The third kappa shape index (κ3) is 3.22. The zero-order chi connectivity index (χ0) is 15.4. The molecule has 2 heterocycles. The maximum absolute atomic E-state index is 12.6. The average molecular weight is 316 g/mol. The van der Waals surface area contributed by atoms with Crippen molar-refractivity contribution in [3.8, 4) is 0 Å². The fourth-order valence-corrected chi connectivity index (χ4v) is 2.87. The van der Waals surface area contributed by atoms with Crippen molar-refractivity contribution < 1.29 is 4.79 Å². The summed E-state index contributed by atoms with van der Waals surface area (Å²) in [6.07, 6.45) is 5.25. The second-order valence-electron chi connectivity index (χ2n) is 5.36. The number of carbonyl (C=O) groups excluding carboxylic acids is 1. The quantitative estimate of drug-likeness (QED) is 0.932. The van der Waals surface area contributed by atoms with Gasteiger partial charge in [0, 0.05) is 19.3 Å². The molecule has 5 heteroatoms. The Labute approximate surface area is 135 Å². The van der Waals surface area contributed by atoms with Gasteiger partial charge in [0.15, 0.2) is 0 Å². The molecule has 1 aliphatic heterocycles. The Morgan fingerprint density at radius 2 is 1.86 bits per heavy atom. The highest BCUT2D eigenvalue weighted by Crippen LogP contribution is 2.25. The normalized spacial score (nSPS) is 14.7. The van der Waals surface area contributed by atoms with Gasteiger partial charge in [-0.1, -0.05) is 23.7 Å². The van der Waals surface area contributed by atoms with E-state index in [9.17, 15) is 4.79 Å². The van der Waals surface area contributed by atoms with Gasteiger partial charge in [-0.25, -0.2) is 4.98 Å². The Kier molecular flexibility index (Phi) is 4.59. The number of halogens is 1. The van der Waals surface area contributed by atoms with E-state index in [-0.39, 0.29) is 5.91 Å². The van der Waals surface area contributed by atoms with Crippen molar-refractivity contribution in [2.75, 3.05) is 23.3 Å². The summed E-state index contributed by atoms with van der Waals surface area (Å²) in [7, 11) is 0. The Morgan fingerprint density at radius 3 is 2.64 bits per heavy atom. The van der Waals surface area contributed by atoms with E-state index >= 15 is 0 Å². The molecule has 1 aromatic carbocycles. The second-order valence-corrected chi connectivity index (χ2v) is 5.76. The predicted molar refractivity (Wildman–Crippen MR) is 89.7 cm³/mol. The Hall–Kier alpha value is -2.07. The van der Waals surface area contributed by atoms with Crippen LogP contribution in [0.15, 0.2) is 42.6 Å². The largest absolute Gasteiger partial charge is 0.356 e. The molecule has 1 aliphatic rings. The van der Waals surface area contributed by atoms with Crippen molar-refractivity contribution in [3.05, 3.63) is 53.2 Å². The summed E-state index contributed by atoms with van der Waals surface area (Å²) in [5, 5.41) is 3.40. The van der Waals surface area contributed by atoms with Gasteiger partial charge in [-0.3, -0.25) is 4.79 Å². The molecule has 0 radical (unpaired) electrons. The van der Waals surface area contributed by atoms with Gasteiger partial charge in [-0.15, -0.1) is 0 Å². The number of piperidine rings is 1. The number of hydrogen-bond donors (Lipinski definition) is 1. The number of rotatable bonds is 3. The average Bonchev–Trinajstić information content (AvgIpc) is 2.58. The molecule has 1 fully saturated rings. The van der Waals surface area contributed by atoms with Gasteiger partial charge >= 0.3 is 0 Å². The van der Waals surface area contributed by atoms with E-state index in [1.165, 1.54) is 6.42 Å². The third-order valence-corrected chi connectivity index (χ3v) is 4.14. The number of nitrogens with one attached hydrogen (secondary N) is 1. The number of hydrogen-bond acceptors (Lipinski definition) is 3. The Balaban J connectivity index is 1.85. The van der Waals surface area contributed by atoms with E-state index in [0.717, 1.165) is 31.7 Å². The van der Waals surface area contributed by atoms with Crippen molar-refractivity contribution >= 4 is 29.0 Å². The van der Waals surface area contributed by atoms with Gasteiger partial charge in [0.05, 0.1) is 16.3 Å². The number of amides is 1. The maximum Gasteiger partial charge on any atom is 0.259 e. The lowest BCUT2D eigenvalue weighted by Crippen LogP contribution is -2.32. The van der Waals surface area contributed by atoms with Crippen molar-refractivity contribution in [2.24, 2.45) is 0 Å². The molecule has 2 aromatic rings. The highest BCUT2D eigenvalue weighted by molar-refractivity contribution is 6.34. The summed E-state index contributed by atoms with van der Waals surface area (Å²) in [4.78, 5) is 19.2. The third-order valence-electron chi connectivity index (χ3n) is 3.81. The summed E-state index contributed by atoms with van der Waals surface area (Å²) in [5.74, 6) is 0.577. The first-order valence-corrected chi connectivity index (χ1v) is 7.89. The van der Waals surface area contributed by atoms with Gasteiger partial charge in [0.1, 0.15) is 5.82 Å². The van der Waals surface area contributed by atoms with Crippen LogP contribution in [0.25, 0.3) is 0 Å². The first-order chi connectivity index (χ1) is 10.8. The SMILES string of the molecule is O=C(Nc1ccccc1Cl)c1cccnc1N1CCCCC1. The lowest BCUT2D eigenvalue weighted by Gasteiger charge is -2.29. The summed E-state index contributed by atoms with van der Waals surface area (Å²) < 4.78 is 0. The molecule has 0 aliphatic carbocycles. The molecule has 0 saturated carbocycles. The number of para-hydroxylation sites is 1. The zero-order valence-electron chi connectivity index (χ0n) is 12.3. The molecule has 114 valence electrons. The Morgan fingerprint density at radius 1 is 1.09 bits per heavy atom. The minimum absolute atomic E-state index is 0.179. The molecule has 1 saturated heterocycles. The van der Waals surface area contributed by atoms with Crippen molar-refractivity contribution in [1.82, 2.24) is 4.98 Å². The molecule has 0 unspecified atom stereocenters. The second kappa shape index (κ2) is 6.79. The van der Waals surface area contributed by atoms with Gasteiger partial charge in [-0.2, -0.15) is 0 Å². The monoisotopic (exact) mass is 315 g/mol. The zero-order valence-corrected chi connectivity index (χ0v) is 13.0. The van der Waals surface area contributed by atoms with E-state index in [4.69, 9.17) is 11.6 Å². The number of aromatic nitrogens is 1. The van der Waals surface area contributed by atoms with Crippen LogP contribution in [0, 0.1) is 0 Å². The first-order valence-electron chi connectivity index (χ1n) is 7.51. The van der Waals surface area contributed by atoms with Crippen molar-refractivity contribution in [1.29, 1.82) is 0 Å². The van der Waals surface area contributed by atoms with Crippen LogP contribution in [0.5, 0.6) is 0 Å². The van der Waals surface area contributed by atoms with Crippen LogP contribution in [0.3, 0.4) is 0 Å². The number of benzene rings is 1. The summed E-state index contributed by atoms with van der Waals surface area (Å²) in [6, 6.07) is 10.8. The van der Waals surface area contributed by atoms with E-state index in [1.54, 1.807) is 24.4 Å². The minimum atomic E-state index is -0.179. The van der Waals surface area contributed by atoms with Crippen molar-refractivity contribution in [2.45, 2.75) is 19.3 Å². The number of nitrogens with zero attached hydrogens (tertiary/aromatic N) is 2. The first kappa shape index (κ1) is 14.9. The van der Waals surface area contributed by atoms with Crippen LogP contribution in [-0.4, -0.2) is 24.0 Å². The van der Waals surface area contributed by atoms with E-state index < -0.39 is 0 Å². The molecular weight excluding hydrogens is 298 g/mol. The van der Waals surface area contributed by atoms with E-state index in [1.807, 2.05) is 18.2 Å². The fraction of sp³-hybridized carbons (Fsp3) is 0.294. The predicted octanol–water partition coefficient (Wildman–Crippen LogP) is 3.98. The smallest absolute Gasteiger partial charge is 0.259 e. The summed E-state index contributed by atoms with van der Waals surface area (Å²) in [5.41, 5.74) is 1.20. The lowest BCUT2D eigenvalue weighted by molar-refractivity contribution is 0.102. The highest BCUT2D eigenvalue weighted by Gasteiger charge is 2.20. The molecule has 4 nitrogen and oxygen atoms in total. The topological polar surface area (TPSA) is 45.2 Å². The van der Waals surface area contributed by atoms with Crippen molar-refractivity contribution in [3.63, 3.8) is 0 Å². The molecule has 1 aromatic heterocycles. The van der Waals surface area contributed by atoms with Crippen LogP contribution in [-0.2, 0) is 0 Å². The van der Waals surface area contributed by atoms with Gasteiger partial charge in [0.2, 0.25) is 0 Å². The van der Waals surface area contributed by atoms with Crippen LogP contribution in [0.4, 0.5) is 11.5 Å². The molecule has 0 bridgehead atoms. The number of pyridine rings is 1. The van der Waals surface area contributed by atoms with Crippen LogP contribution in [0.2, 0.25) is 5.02 Å². The molecular formula is C17H18ClN3O. The Bertz CT molecular complexity index is 668. The fourth-order valence-electron chi connectivity index (χ4n) is 2.68. The van der Waals surface area contributed by atoms with Crippen LogP contribution >= 0.6 is 11.6 Å². The van der Waals surface area contributed by atoms with E-state index in [2.05, 4.69) is 15.2 Å². The molecule has 0 spiro atoms. The van der Waals surface area contributed by atoms with Gasteiger partial charge < -0.3 is 10.2 Å². The standard InChI is InChI=1S/C17H18ClN3O/c18-14-8-2-3-9-15(14)20-17(22)13-7-6-10-19-16(13)21-11-4-1-5-12-21/h2-3,6-10H,1,4-5,11-12H2,(H,20,22). The highest BCUT2D eigenvalue weighted by atomic mass is 35.5. The molecule has 0 atom stereocenters. The number of anilines is 2. The summed E-state index contributed by atoms with van der Waals surface area (Å²) >= 11 is 6.10. The molecule has 22 heavy (non-hydrogen) atoms. The molecule has 1 amide bonds. The maximum atomic E-state index is 12.6. The lowest BCUT2D eigenvalue weighted by atomic mass is 10.1. The van der Waals surface area contributed by atoms with E-state index in [0.29, 0.717) is 16.3 Å². The summed E-state index contributed by atoms with van der Waals surface area (Å²) in [6.45, 7) is 1.90. The van der Waals surface area contributed by atoms with Crippen LogP contribution < -0.4 is 10.2 Å². The van der Waals surface area contributed by atoms with Crippen LogP contribution in [0.1, 0.15) is 29.6 Å². The molecule has 3 rings (SSSR count). The van der Waals surface area contributed by atoms with Gasteiger partial charge in [-0.05, 0) is 43.5 Å². The minimum Gasteiger partial charge on any atom is -0.356 e.